The van der Waals surface area contributed by atoms with Gasteiger partial charge in [0, 0.05) is 0 Å². The summed E-state index contributed by atoms with van der Waals surface area (Å²) < 4.78 is 16.0. The average Bonchev–Trinajstić information content (AvgIpc) is 2.98. The minimum absolute atomic E-state index is 0.0236. The largest absolute Gasteiger partial charge is 0.463 e. The van der Waals surface area contributed by atoms with Gasteiger partial charge in [-0.25, -0.2) is 4.79 Å². The van der Waals surface area contributed by atoms with Crippen LogP contribution in [0.3, 0.4) is 0 Å². The van der Waals surface area contributed by atoms with E-state index in [-0.39, 0.29) is 12.4 Å². The maximum absolute atomic E-state index is 11.3. The lowest BCUT2D eigenvalue weighted by Crippen LogP contribution is -2.32. The first-order valence-electron chi connectivity index (χ1n) is 5.03. The zero-order chi connectivity index (χ0) is 12.3. The van der Waals surface area contributed by atoms with E-state index in [1.54, 1.807) is 0 Å². The fourth-order valence-electron chi connectivity index (χ4n) is 1.47. The van der Waals surface area contributed by atoms with E-state index in [4.69, 9.17) is 9.47 Å². The van der Waals surface area contributed by atoms with Crippen LogP contribution in [0.4, 0.5) is 0 Å². The molecule has 1 aromatic rings. The Labute approximate surface area is 97.1 Å². The molecule has 0 aliphatic carbocycles. The molecule has 1 unspecified atom stereocenters. The predicted molar refractivity (Wildman–Crippen MR) is 51.9 cm³/mol. The van der Waals surface area contributed by atoms with Crippen LogP contribution in [0.2, 0.25) is 0 Å². The second-order valence-corrected chi connectivity index (χ2v) is 3.40. The van der Waals surface area contributed by atoms with E-state index in [0.717, 1.165) is 0 Å². The van der Waals surface area contributed by atoms with Gasteiger partial charge in [-0.3, -0.25) is 4.57 Å². The standard InChI is InChI=1S/C9H12N3O5/c1-15-8(14)7-11-10-5-12(7)4-6(13)9-16-2-3-17-9/h6,9,13H,2-4H2,1H3. The predicted octanol–water partition coefficient (Wildman–Crippen LogP) is -1.40. The molecule has 1 fully saturated rings. The van der Waals surface area contributed by atoms with E-state index in [2.05, 4.69) is 21.3 Å². The molecule has 0 saturated carbocycles. The highest BCUT2D eigenvalue weighted by Gasteiger charge is 2.27. The highest BCUT2D eigenvalue weighted by atomic mass is 16.7. The lowest BCUT2D eigenvalue weighted by Gasteiger charge is -2.17. The van der Waals surface area contributed by atoms with Crippen LogP contribution in [-0.4, -0.2) is 58.6 Å². The van der Waals surface area contributed by atoms with Crippen LogP contribution in [0, 0.1) is 6.33 Å². The van der Waals surface area contributed by atoms with Gasteiger partial charge in [0.05, 0.1) is 26.9 Å². The molecular weight excluding hydrogens is 230 g/mol. The van der Waals surface area contributed by atoms with Crippen LogP contribution in [0.1, 0.15) is 10.6 Å². The molecule has 1 aliphatic heterocycles. The minimum Gasteiger partial charge on any atom is -0.463 e. The molecule has 8 heteroatoms. The molecule has 2 heterocycles. The van der Waals surface area contributed by atoms with Gasteiger partial charge in [-0.1, -0.05) is 0 Å². The summed E-state index contributed by atoms with van der Waals surface area (Å²) in [6.07, 6.45) is 0.838. The third kappa shape index (κ3) is 2.60. The van der Waals surface area contributed by atoms with Crippen molar-refractivity contribution in [3.63, 3.8) is 0 Å². The number of hydrogen-bond acceptors (Lipinski definition) is 7. The Morgan fingerprint density at radius 3 is 3.06 bits per heavy atom. The summed E-state index contributed by atoms with van der Waals surface area (Å²) in [6, 6.07) is 0. The lowest BCUT2D eigenvalue weighted by atomic mass is 10.3. The number of rotatable bonds is 4. The molecule has 0 aromatic carbocycles. The molecule has 93 valence electrons. The Morgan fingerprint density at radius 1 is 1.71 bits per heavy atom. The summed E-state index contributed by atoms with van der Waals surface area (Å²) in [5, 5.41) is 16.8. The first-order valence-corrected chi connectivity index (χ1v) is 5.03. The normalized spacial score (nSPS) is 18.2. The SMILES string of the molecule is COC(=O)c1nn[c]n1CC(O)C1OCCO1. The summed E-state index contributed by atoms with van der Waals surface area (Å²) in [5.41, 5.74) is 0. The van der Waals surface area contributed by atoms with Gasteiger partial charge in [-0.15, -0.1) is 10.2 Å². The zero-order valence-electron chi connectivity index (χ0n) is 9.20. The Morgan fingerprint density at radius 2 is 2.41 bits per heavy atom. The lowest BCUT2D eigenvalue weighted by molar-refractivity contribution is -0.124. The fourth-order valence-corrected chi connectivity index (χ4v) is 1.47. The van der Waals surface area contributed by atoms with Crippen LogP contribution in [-0.2, 0) is 20.8 Å². The van der Waals surface area contributed by atoms with E-state index >= 15 is 0 Å². The van der Waals surface area contributed by atoms with Crippen molar-refractivity contribution in [3.05, 3.63) is 12.2 Å². The van der Waals surface area contributed by atoms with Gasteiger partial charge in [0.25, 0.3) is 0 Å². The van der Waals surface area contributed by atoms with Gasteiger partial charge in [0.2, 0.25) is 12.2 Å². The summed E-state index contributed by atoms with van der Waals surface area (Å²) in [6.45, 7) is 0.928. The molecule has 1 saturated heterocycles. The minimum atomic E-state index is -0.923. The Balaban J connectivity index is 2.02. The zero-order valence-corrected chi connectivity index (χ0v) is 9.20. The molecule has 0 spiro atoms. The van der Waals surface area contributed by atoms with Crippen molar-refractivity contribution < 1.29 is 24.1 Å². The maximum Gasteiger partial charge on any atom is 0.376 e. The number of carbonyl (C=O) groups is 1. The Hall–Kier alpha value is -1.51. The van der Waals surface area contributed by atoms with Crippen LogP contribution in [0.5, 0.6) is 0 Å². The topological polar surface area (TPSA) is 95.7 Å². The van der Waals surface area contributed by atoms with Crippen LogP contribution in [0.25, 0.3) is 0 Å². The van der Waals surface area contributed by atoms with Crippen molar-refractivity contribution in [2.75, 3.05) is 20.3 Å². The van der Waals surface area contributed by atoms with E-state index < -0.39 is 18.4 Å². The molecule has 0 amide bonds. The van der Waals surface area contributed by atoms with Gasteiger partial charge in [-0.2, -0.15) is 0 Å². The van der Waals surface area contributed by atoms with Crippen molar-refractivity contribution in [2.45, 2.75) is 18.9 Å². The second-order valence-electron chi connectivity index (χ2n) is 3.40. The molecule has 2 rings (SSSR count). The molecule has 1 N–H and O–H groups in total. The number of aliphatic hydroxyl groups excluding tert-OH is 1. The smallest absolute Gasteiger partial charge is 0.376 e. The highest BCUT2D eigenvalue weighted by molar-refractivity contribution is 5.85. The summed E-state index contributed by atoms with van der Waals surface area (Å²) >= 11 is 0. The number of carbonyl (C=O) groups excluding carboxylic acids is 1. The van der Waals surface area contributed by atoms with Crippen LogP contribution in [0.15, 0.2) is 0 Å². The third-order valence-electron chi connectivity index (χ3n) is 2.27. The number of ether oxygens (including phenoxy) is 3. The first kappa shape index (κ1) is 12.0. The molecule has 8 nitrogen and oxygen atoms in total. The van der Waals surface area contributed by atoms with Crippen molar-refractivity contribution >= 4 is 5.97 Å². The van der Waals surface area contributed by atoms with Crippen molar-refractivity contribution in [1.82, 2.24) is 14.8 Å². The first-order chi connectivity index (χ1) is 8.22. The van der Waals surface area contributed by atoms with Gasteiger partial charge in [0.1, 0.15) is 6.10 Å². The Bertz CT molecular complexity index is 388. The summed E-state index contributed by atoms with van der Waals surface area (Å²) in [7, 11) is 1.24. The molecule has 0 bridgehead atoms. The van der Waals surface area contributed by atoms with E-state index in [0.29, 0.717) is 13.2 Å². The summed E-state index contributed by atoms with van der Waals surface area (Å²) in [4.78, 5) is 11.3. The number of hydrogen-bond donors (Lipinski definition) is 1. The quantitative estimate of drug-likeness (QED) is 0.648. The number of aromatic nitrogens is 3. The van der Waals surface area contributed by atoms with Gasteiger partial charge in [0.15, 0.2) is 6.29 Å². The van der Waals surface area contributed by atoms with Crippen molar-refractivity contribution in [1.29, 1.82) is 0 Å². The van der Waals surface area contributed by atoms with Gasteiger partial charge in [-0.05, 0) is 0 Å². The Kier molecular flexibility index (Phi) is 3.67. The molecule has 1 aromatic heterocycles. The molecule has 1 aliphatic rings. The fraction of sp³-hybridized carbons (Fsp3) is 0.667. The summed E-state index contributed by atoms with van der Waals surface area (Å²) in [5.74, 6) is -0.663. The van der Waals surface area contributed by atoms with E-state index in [1.165, 1.54) is 11.7 Å². The molecule has 1 radical (unpaired) electrons. The van der Waals surface area contributed by atoms with Gasteiger partial charge >= 0.3 is 5.97 Å². The average molecular weight is 242 g/mol. The van der Waals surface area contributed by atoms with Crippen LogP contribution >= 0.6 is 0 Å². The molecular formula is C9H12N3O5. The van der Waals surface area contributed by atoms with Gasteiger partial charge < -0.3 is 19.3 Å². The highest BCUT2D eigenvalue weighted by Crippen LogP contribution is 2.11. The van der Waals surface area contributed by atoms with Crippen molar-refractivity contribution in [2.24, 2.45) is 0 Å². The van der Waals surface area contributed by atoms with E-state index in [1.807, 2.05) is 0 Å². The number of esters is 1. The second kappa shape index (κ2) is 5.21. The van der Waals surface area contributed by atoms with Crippen molar-refractivity contribution in [3.8, 4) is 0 Å². The molecule has 1 atom stereocenters. The van der Waals surface area contributed by atoms with E-state index in [9.17, 15) is 9.90 Å². The van der Waals surface area contributed by atoms with Crippen LogP contribution < -0.4 is 0 Å². The monoisotopic (exact) mass is 242 g/mol. The third-order valence-corrected chi connectivity index (χ3v) is 2.27. The number of methoxy groups -OCH3 is 1. The maximum atomic E-state index is 11.3. The number of nitrogens with zero attached hydrogens (tertiary/aromatic N) is 3. The number of aliphatic hydroxyl groups is 1. The molecule has 17 heavy (non-hydrogen) atoms.